The van der Waals surface area contributed by atoms with Crippen molar-refractivity contribution in [3.05, 3.63) is 0 Å². The molecule has 0 aromatic carbocycles. The molecule has 5 aliphatic carbocycles. The van der Waals surface area contributed by atoms with Gasteiger partial charge in [0, 0.05) is 74.3 Å². The van der Waals surface area contributed by atoms with Gasteiger partial charge in [-0.05, 0) is 139 Å². The van der Waals surface area contributed by atoms with E-state index >= 15 is 33.6 Å². The van der Waals surface area contributed by atoms with Gasteiger partial charge in [0.15, 0.2) is 0 Å². The van der Waals surface area contributed by atoms with Gasteiger partial charge in [0.1, 0.15) is 47.8 Å². The number of alkyl halides is 4. The number of fused-ring (bicyclic) bond motifs is 1. The van der Waals surface area contributed by atoms with Crippen molar-refractivity contribution in [3.8, 4) is 0 Å². The van der Waals surface area contributed by atoms with Gasteiger partial charge in [-0.1, -0.05) is 97.3 Å². The highest BCUT2D eigenvalue weighted by Gasteiger charge is 2.53. The smallest absolute Gasteiger partial charge is 0.343 e. The molecule has 3 heterocycles. The summed E-state index contributed by atoms with van der Waals surface area (Å²) in [6.07, 6.45) is 10.7. The predicted molar refractivity (Wildman–Crippen MR) is 377 cm³/mol. The lowest BCUT2D eigenvalue weighted by atomic mass is 9.78. The molecule has 8 rings (SSSR count). The molecule has 11 atom stereocenters. The maximum atomic E-state index is 15.9. The molecule has 8 fully saturated rings. The van der Waals surface area contributed by atoms with Crippen LogP contribution in [0.15, 0.2) is 0 Å². The van der Waals surface area contributed by atoms with Gasteiger partial charge in [-0.15, -0.1) is 11.6 Å². The second kappa shape index (κ2) is 36.6. The molecule has 1 spiro atoms. The standard InChI is InChI=1S/C74H118ClF3N12O12/c1-10-47(2)62-70(100)84(5)45-60(93)82(3)46-61(94)85(6)56(42-48-25-14-11-15-26-48)68(98)83(4)44-58(91)79-54(35-33-49-32-34-52(53(75)41-49)74(76,77)78)67(97)90-40-24-31-55(90)65(95)81-73(36-20-21-37-73)72(102)88(9)64(51-27-16-12-17-28-51)71(101)86(7)57(69(99)89-38-22-13-23-39-89)43-59(92)87(8)63(66(96)80-62)50-29-18-19-30-50/h47-57,62-64H,10-46H2,1-9H3,(H,79,91)(H,80,96)(H,81,95)/t47-,49?,52?,53?,54-,55-,56-,57-,62-,63-,64-/m0/s1. The van der Waals surface area contributed by atoms with Gasteiger partial charge >= 0.3 is 6.18 Å². The molecule has 102 heavy (non-hydrogen) atoms. The first-order chi connectivity index (χ1) is 48.4. The average Bonchev–Trinajstić information content (AvgIpc) is 0.980. The normalized spacial score (nSPS) is 30.7. The van der Waals surface area contributed by atoms with E-state index in [1.807, 2.05) is 6.92 Å². The SMILES string of the molecule is CC[C@H](C)[C@@H]1NC(=O)[C@H](C2CCCC2)N(C)C(=O)C[C@@H](C(=O)N2CCCCC2)N(C)C(=O)[C@H](C2CCCCC2)N(C)C(=O)C2(CCCC2)NC(=O)[C@@H]2CCCN2C(=O)[C@H](CCC2CCC(C(F)(F)F)C(Cl)C2)NC(=O)CN(C)C(=O)[C@H](CC2CCCCC2)N(C)C(=O)CN(C)C(=O)CN(C)C1=O. The first kappa shape index (κ1) is 81.4. The quantitative estimate of drug-likeness (QED) is 0.195. The van der Waals surface area contributed by atoms with Crippen LogP contribution in [0.5, 0.6) is 0 Å². The number of rotatable bonds is 10. The molecule has 28 heteroatoms. The summed E-state index contributed by atoms with van der Waals surface area (Å²) in [6, 6.07) is -8.40. The Morgan fingerprint density at radius 1 is 0.549 bits per heavy atom. The molecular formula is C74H118ClF3N12O12. The van der Waals surface area contributed by atoms with Crippen molar-refractivity contribution in [2.75, 3.05) is 88.6 Å². The van der Waals surface area contributed by atoms with Crippen molar-refractivity contribution in [2.45, 2.75) is 272 Å². The summed E-state index contributed by atoms with van der Waals surface area (Å²) in [5.74, 6) is -10.4. The summed E-state index contributed by atoms with van der Waals surface area (Å²) in [5, 5.41) is 7.74. The number of amides is 12. The molecule has 0 radical (unpaired) electrons. The Kier molecular flexibility index (Phi) is 29.2. The van der Waals surface area contributed by atoms with Crippen LogP contribution in [0.2, 0.25) is 0 Å². The lowest BCUT2D eigenvalue weighted by Gasteiger charge is -2.43. The van der Waals surface area contributed by atoms with Gasteiger partial charge in [-0.2, -0.15) is 13.2 Å². The van der Waals surface area contributed by atoms with E-state index in [1.165, 1.54) is 76.6 Å². The third kappa shape index (κ3) is 20.0. The number of hydrogen-bond acceptors (Lipinski definition) is 12. The van der Waals surface area contributed by atoms with Crippen LogP contribution >= 0.6 is 11.6 Å². The Morgan fingerprint density at radius 2 is 1.13 bits per heavy atom. The summed E-state index contributed by atoms with van der Waals surface area (Å²) >= 11 is 6.42. The molecule has 0 aromatic rings. The molecule has 3 saturated heterocycles. The van der Waals surface area contributed by atoms with Gasteiger partial charge in [-0.3, -0.25) is 57.5 Å². The summed E-state index contributed by atoms with van der Waals surface area (Å²) in [4.78, 5) is 193. The molecule has 0 bridgehead atoms. The minimum atomic E-state index is -4.51. The Bertz CT molecular complexity index is 2970. The fraction of sp³-hybridized carbons (Fsp3) is 0.838. The van der Waals surface area contributed by atoms with E-state index in [0.717, 1.165) is 75.5 Å². The maximum absolute atomic E-state index is 15.9. The molecule has 24 nitrogen and oxygen atoms in total. The molecule has 3 N–H and O–H groups in total. The Hall–Kier alpha value is -6.28. The number of carbonyl (C=O) groups excluding carboxylic acids is 12. The number of hydrogen-bond donors (Lipinski definition) is 3. The Morgan fingerprint density at radius 3 is 1.74 bits per heavy atom. The van der Waals surface area contributed by atoms with Crippen molar-refractivity contribution < 1.29 is 70.7 Å². The van der Waals surface area contributed by atoms with Gasteiger partial charge in [-0.25, -0.2) is 0 Å². The highest BCUT2D eigenvalue weighted by atomic mass is 35.5. The molecule has 8 aliphatic rings. The fourth-order valence-corrected chi connectivity index (χ4v) is 18.4. The molecule has 5 saturated carbocycles. The van der Waals surface area contributed by atoms with Crippen molar-refractivity contribution >= 4 is 82.5 Å². The van der Waals surface area contributed by atoms with E-state index < -0.39 is 168 Å². The maximum Gasteiger partial charge on any atom is 0.393 e. The number of carbonyl (C=O) groups is 12. The first-order valence-corrected chi connectivity index (χ1v) is 38.8. The summed E-state index contributed by atoms with van der Waals surface area (Å²) < 4.78 is 42.1. The van der Waals surface area contributed by atoms with Gasteiger partial charge < -0.3 is 60.0 Å². The molecule has 12 amide bonds. The number of nitrogens with zero attached hydrogens (tertiary/aromatic N) is 9. The molecule has 3 aliphatic heterocycles. The molecular weight excluding hydrogens is 1340 g/mol. The zero-order chi connectivity index (χ0) is 74.5. The second-order valence-corrected chi connectivity index (χ2v) is 32.1. The van der Waals surface area contributed by atoms with Crippen molar-refractivity contribution in [1.82, 2.24) is 60.0 Å². The van der Waals surface area contributed by atoms with Crippen molar-refractivity contribution in [3.63, 3.8) is 0 Å². The summed E-state index contributed by atoms with van der Waals surface area (Å²) in [6.45, 7) is 2.92. The highest BCUT2D eigenvalue weighted by molar-refractivity contribution is 6.21. The average molecular weight is 1460 g/mol. The highest BCUT2D eigenvalue weighted by Crippen LogP contribution is 2.44. The van der Waals surface area contributed by atoms with E-state index in [4.69, 9.17) is 11.6 Å². The number of halogens is 4. The van der Waals surface area contributed by atoms with Gasteiger partial charge in [0.25, 0.3) is 0 Å². The Balaban J connectivity index is 1.16. The van der Waals surface area contributed by atoms with E-state index in [9.17, 15) is 37.1 Å². The first-order valence-electron chi connectivity index (χ1n) is 38.4. The lowest BCUT2D eigenvalue weighted by molar-refractivity contribution is -0.182. The third-order valence-electron chi connectivity index (χ3n) is 24.5. The van der Waals surface area contributed by atoms with Crippen LogP contribution in [0.3, 0.4) is 0 Å². The monoisotopic (exact) mass is 1460 g/mol. The van der Waals surface area contributed by atoms with E-state index in [-0.39, 0.29) is 88.0 Å². The van der Waals surface area contributed by atoms with E-state index in [0.29, 0.717) is 77.3 Å². The number of likely N-dealkylation sites (N-methyl/N-ethyl adjacent to an activating group) is 7. The van der Waals surface area contributed by atoms with Crippen molar-refractivity contribution in [2.24, 2.45) is 35.5 Å². The van der Waals surface area contributed by atoms with E-state index in [2.05, 4.69) is 16.0 Å². The van der Waals surface area contributed by atoms with Crippen LogP contribution in [0.25, 0.3) is 0 Å². The lowest BCUT2D eigenvalue weighted by Crippen LogP contribution is -2.65. The number of likely N-dealkylation sites (tertiary alicyclic amines) is 1. The minimum absolute atomic E-state index is 0.00488. The minimum Gasteiger partial charge on any atom is -0.343 e. The van der Waals surface area contributed by atoms with Gasteiger partial charge in [0.05, 0.1) is 32.0 Å². The van der Waals surface area contributed by atoms with Crippen LogP contribution < -0.4 is 16.0 Å². The molecule has 3 unspecified atom stereocenters. The van der Waals surface area contributed by atoms with Crippen LogP contribution in [-0.2, 0) is 57.5 Å². The van der Waals surface area contributed by atoms with Crippen LogP contribution in [0, 0.1) is 35.5 Å². The zero-order valence-corrected chi connectivity index (χ0v) is 62.9. The zero-order valence-electron chi connectivity index (χ0n) is 62.2. The molecule has 574 valence electrons. The van der Waals surface area contributed by atoms with E-state index in [1.54, 1.807) is 18.9 Å². The third-order valence-corrected chi connectivity index (χ3v) is 25.0. The predicted octanol–water partition coefficient (Wildman–Crippen LogP) is 6.63. The molecule has 0 aromatic heterocycles. The largest absolute Gasteiger partial charge is 0.393 e. The second-order valence-electron chi connectivity index (χ2n) is 31.6. The van der Waals surface area contributed by atoms with Crippen molar-refractivity contribution in [1.29, 1.82) is 0 Å². The fourth-order valence-electron chi connectivity index (χ4n) is 17.9. The summed E-state index contributed by atoms with van der Waals surface area (Å²) in [7, 11) is 10.2. The number of piperidine rings is 1. The number of nitrogens with one attached hydrogen (secondary N) is 3. The van der Waals surface area contributed by atoms with Crippen LogP contribution in [0.4, 0.5) is 13.2 Å². The summed E-state index contributed by atoms with van der Waals surface area (Å²) in [5.41, 5.74) is -1.55. The van der Waals surface area contributed by atoms with Crippen LogP contribution in [0.1, 0.15) is 213 Å². The topological polar surface area (TPSA) is 270 Å². The van der Waals surface area contributed by atoms with Gasteiger partial charge in [0.2, 0.25) is 70.9 Å². The Labute approximate surface area is 607 Å². The van der Waals surface area contributed by atoms with Crippen LogP contribution in [-0.4, -0.2) is 263 Å².